The fourth-order valence-electron chi connectivity index (χ4n) is 1.85. The van der Waals surface area contributed by atoms with Gasteiger partial charge in [-0.15, -0.1) is 0 Å². The van der Waals surface area contributed by atoms with Gasteiger partial charge in [-0.1, -0.05) is 17.7 Å². The Kier molecular flexibility index (Phi) is 5.08. The summed E-state index contributed by atoms with van der Waals surface area (Å²) in [5.41, 5.74) is 1.56. The molecule has 0 atom stereocenters. The van der Waals surface area contributed by atoms with Gasteiger partial charge in [0.25, 0.3) is 5.69 Å². The third kappa shape index (κ3) is 4.14. The first-order chi connectivity index (χ1) is 10.1. The number of nitrogens with one attached hydrogen (secondary N) is 1. The molecule has 2 rings (SSSR count). The molecule has 0 amide bonds. The van der Waals surface area contributed by atoms with E-state index in [9.17, 15) is 10.1 Å². The Bertz CT molecular complexity index is 632. The minimum absolute atomic E-state index is 0.0553. The van der Waals surface area contributed by atoms with E-state index in [0.717, 1.165) is 5.56 Å². The Balaban J connectivity index is 1.99. The fourth-order valence-corrected chi connectivity index (χ4v) is 2.05. The van der Waals surface area contributed by atoms with Crippen molar-refractivity contribution in [2.24, 2.45) is 0 Å². The summed E-state index contributed by atoms with van der Waals surface area (Å²) in [6.07, 6.45) is 1.69. The van der Waals surface area contributed by atoms with E-state index in [1.807, 2.05) is 6.07 Å². The highest BCUT2D eigenvalue weighted by Gasteiger charge is 2.13. The Morgan fingerprint density at radius 1 is 1.33 bits per heavy atom. The molecular weight excluding hydrogens is 294 g/mol. The lowest BCUT2D eigenvalue weighted by molar-refractivity contribution is -0.385. The molecule has 0 bridgehead atoms. The molecule has 0 aliphatic rings. The number of methoxy groups -OCH3 is 1. The highest BCUT2D eigenvalue weighted by Crippen LogP contribution is 2.22. The molecule has 0 aliphatic heterocycles. The van der Waals surface area contributed by atoms with E-state index in [-0.39, 0.29) is 5.69 Å². The van der Waals surface area contributed by atoms with Gasteiger partial charge >= 0.3 is 0 Å². The van der Waals surface area contributed by atoms with Crippen LogP contribution in [0.5, 0.6) is 5.88 Å². The zero-order valence-electron chi connectivity index (χ0n) is 11.4. The van der Waals surface area contributed by atoms with Gasteiger partial charge in [-0.3, -0.25) is 10.1 Å². The number of benzene rings is 1. The summed E-state index contributed by atoms with van der Waals surface area (Å²) in [6, 6.07) is 8.16. The lowest BCUT2D eigenvalue weighted by Crippen LogP contribution is -2.14. The number of nitro groups is 1. The maximum atomic E-state index is 10.9. The van der Waals surface area contributed by atoms with E-state index in [2.05, 4.69) is 10.3 Å². The van der Waals surface area contributed by atoms with Gasteiger partial charge < -0.3 is 10.1 Å². The number of hydrogen-bond donors (Lipinski definition) is 1. The number of rotatable bonds is 6. The number of pyridine rings is 1. The van der Waals surface area contributed by atoms with Crippen molar-refractivity contribution in [3.63, 3.8) is 0 Å². The summed E-state index contributed by atoms with van der Waals surface area (Å²) in [6.45, 7) is 0.892. The number of aromatic nitrogens is 1. The van der Waals surface area contributed by atoms with Crippen LogP contribution < -0.4 is 10.1 Å². The van der Waals surface area contributed by atoms with Crippen LogP contribution in [-0.4, -0.2) is 17.0 Å². The standard InChI is InChI=1S/C14H14ClN3O3/c1-21-14-5-2-10(8-17-14)7-16-9-11-6-12(15)3-4-13(11)18(19)20/h2-6,8,16H,7,9H2,1H3. The molecule has 0 spiro atoms. The van der Waals surface area contributed by atoms with Crippen LogP contribution in [0.25, 0.3) is 0 Å². The van der Waals surface area contributed by atoms with Gasteiger partial charge in [0, 0.05) is 42.0 Å². The van der Waals surface area contributed by atoms with Gasteiger partial charge in [-0.05, 0) is 17.7 Å². The van der Waals surface area contributed by atoms with Crippen LogP contribution in [0, 0.1) is 10.1 Å². The SMILES string of the molecule is COc1ccc(CNCc2cc(Cl)ccc2[N+](=O)[O-])cn1. The van der Waals surface area contributed by atoms with E-state index < -0.39 is 4.92 Å². The van der Waals surface area contributed by atoms with Crippen molar-refractivity contribution < 1.29 is 9.66 Å². The van der Waals surface area contributed by atoms with Crippen LogP contribution in [0.2, 0.25) is 5.02 Å². The van der Waals surface area contributed by atoms with Gasteiger partial charge in [0.05, 0.1) is 12.0 Å². The summed E-state index contributed by atoms with van der Waals surface area (Å²) in [5, 5.41) is 14.6. The van der Waals surface area contributed by atoms with Crippen LogP contribution in [0.3, 0.4) is 0 Å². The lowest BCUT2D eigenvalue weighted by atomic mass is 10.1. The molecule has 110 valence electrons. The largest absolute Gasteiger partial charge is 0.481 e. The van der Waals surface area contributed by atoms with Crippen LogP contribution in [0.15, 0.2) is 36.5 Å². The number of nitro benzene ring substituents is 1. The van der Waals surface area contributed by atoms with Gasteiger partial charge in [-0.2, -0.15) is 0 Å². The van der Waals surface area contributed by atoms with Crippen molar-refractivity contribution in [1.82, 2.24) is 10.3 Å². The first kappa shape index (κ1) is 15.2. The molecule has 7 heteroatoms. The molecule has 21 heavy (non-hydrogen) atoms. The Hall–Kier alpha value is -2.18. The van der Waals surface area contributed by atoms with Crippen molar-refractivity contribution in [1.29, 1.82) is 0 Å². The molecule has 1 aromatic heterocycles. The quantitative estimate of drug-likeness (QED) is 0.656. The molecule has 2 aromatic rings. The van der Waals surface area contributed by atoms with Crippen LogP contribution in [0.4, 0.5) is 5.69 Å². The topological polar surface area (TPSA) is 77.3 Å². The second kappa shape index (κ2) is 7.01. The number of hydrogen-bond acceptors (Lipinski definition) is 5. The predicted molar refractivity (Wildman–Crippen MR) is 79.4 cm³/mol. The van der Waals surface area contributed by atoms with Crippen molar-refractivity contribution in [2.45, 2.75) is 13.1 Å². The Morgan fingerprint density at radius 3 is 2.76 bits per heavy atom. The summed E-state index contributed by atoms with van der Waals surface area (Å²) in [5.74, 6) is 0.546. The molecule has 1 N–H and O–H groups in total. The molecule has 0 saturated heterocycles. The number of nitrogens with zero attached hydrogens (tertiary/aromatic N) is 2. The third-order valence-corrected chi connectivity index (χ3v) is 3.12. The predicted octanol–water partition coefficient (Wildman–Crippen LogP) is 2.94. The molecule has 0 radical (unpaired) electrons. The zero-order valence-corrected chi connectivity index (χ0v) is 12.1. The Morgan fingerprint density at radius 2 is 2.14 bits per heavy atom. The maximum Gasteiger partial charge on any atom is 0.273 e. The number of halogens is 1. The van der Waals surface area contributed by atoms with Gasteiger partial charge in [0.1, 0.15) is 0 Å². The van der Waals surface area contributed by atoms with Crippen molar-refractivity contribution in [2.75, 3.05) is 7.11 Å². The fraction of sp³-hybridized carbons (Fsp3) is 0.214. The zero-order chi connectivity index (χ0) is 15.2. The molecule has 1 aromatic carbocycles. The molecule has 0 saturated carbocycles. The Labute approximate surface area is 126 Å². The first-order valence-corrected chi connectivity index (χ1v) is 6.60. The van der Waals surface area contributed by atoms with Crippen LogP contribution >= 0.6 is 11.6 Å². The molecule has 0 aliphatic carbocycles. The first-order valence-electron chi connectivity index (χ1n) is 6.22. The van der Waals surface area contributed by atoms with Crippen molar-refractivity contribution in [3.05, 3.63) is 62.8 Å². The minimum Gasteiger partial charge on any atom is -0.481 e. The van der Waals surface area contributed by atoms with E-state index in [1.165, 1.54) is 12.1 Å². The molecule has 0 unspecified atom stereocenters. The van der Waals surface area contributed by atoms with Crippen LogP contribution in [0.1, 0.15) is 11.1 Å². The maximum absolute atomic E-state index is 10.9. The number of ether oxygens (including phenoxy) is 1. The lowest BCUT2D eigenvalue weighted by Gasteiger charge is -2.07. The van der Waals surface area contributed by atoms with Crippen LogP contribution in [-0.2, 0) is 13.1 Å². The second-order valence-corrected chi connectivity index (χ2v) is 4.78. The highest BCUT2D eigenvalue weighted by molar-refractivity contribution is 6.30. The third-order valence-electron chi connectivity index (χ3n) is 2.89. The average molecular weight is 308 g/mol. The summed E-state index contributed by atoms with van der Waals surface area (Å²) in [4.78, 5) is 14.6. The van der Waals surface area contributed by atoms with Gasteiger partial charge in [0.2, 0.25) is 5.88 Å². The minimum atomic E-state index is -0.414. The van der Waals surface area contributed by atoms with E-state index in [0.29, 0.717) is 29.6 Å². The van der Waals surface area contributed by atoms with Gasteiger partial charge in [-0.25, -0.2) is 4.98 Å². The summed E-state index contributed by atoms with van der Waals surface area (Å²) < 4.78 is 4.98. The average Bonchev–Trinajstić information content (AvgIpc) is 2.48. The highest BCUT2D eigenvalue weighted by atomic mass is 35.5. The van der Waals surface area contributed by atoms with E-state index in [4.69, 9.17) is 16.3 Å². The van der Waals surface area contributed by atoms with Gasteiger partial charge in [0.15, 0.2) is 0 Å². The monoisotopic (exact) mass is 307 g/mol. The smallest absolute Gasteiger partial charge is 0.273 e. The van der Waals surface area contributed by atoms with Crippen molar-refractivity contribution >= 4 is 17.3 Å². The van der Waals surface area contributed by atoms with Crippen molar-refractivity contribution in [3.8, 4) is 5.88 Å². The molecule has 6 nitrogen and oxygen atoms in total. The normalized spacial score (nSPS) is 10.4. The second-order valence-electron chi connectivity index (χ2n) is 4.34. The molecule has 1 heterocycles. The summed E-state index contributed by atoms with van der Waals surface area (Å²) in [7, 11) is 1.55. The summed E-state index contributed by atoms with van der Waals surface area (Å²) >= 11 is 5.88. The molecule has 0 fully saturated rings. The van der Waals surface area contributed by atoms with E-state index >= 15 is 0 Å². The van der Waals surface area contributed by atoms with E-state index in [1.54, 1.807) is 25.4 Å². The molecular formula is C14H14ClN3O3.